The molecule has 3 heterocycles. The maximum absolute atomic E-state index is 8.84. The van der Waals surface area contributed by atoms with Gasteiger partial charge < -0.3 is 34.8 Å². The molecule has 0 spiro atoms. The number of pyridine rings is 1. The Morgan fingerprint density at radius 1 is 1.31 bits per heavy atom. The van der Waals surface area contributed by atoms with Gasteiger partial charge in [-0.05, 0) is 19.8 Å². The van der Waals surface area contributed by atoms with Crippen molar-refractivity contribution < 1.29 is 24.5 Å². The lowest BCUT2D eigenvalue weighted by atomic mass is 10.1. The molecule has 0 aromatic carbocycles. The van der Waals surface area contributed by atoms with Crippen molar-refractivity contribution in [1.29, 1.82) is 0 Å². The fourth-order valence-corrected chi connectivity index (χ4v) is 3.29. The summed E-state index contributed by atoms with van der Waals surface area (Å²) in [4.78, 5) is 30.4. The molecule has 0 aliphatic heterocycles. The van der Waals surface area contributed by atoms with Gasteiger partial charge in [-0.3, -0.25) is 4.98 Å². The Morgan fingerprint density at radius 2 is 2.03 bits per heavy atom. The molecule has 3 aromatic rings. The summed E-state index contributed by atoms with van der Waals surface area (Å²) in [5.74, 6) is 3.47. The summed E-state index contributed by atoms with van der Waals surface area (Å²) in [7, 11) is -0.974. The Kier molecular flexibility index (Phi) is 7.19. The van der Waals surface area contributed by atoms with Crippen LogP contribution < -0.4 is 10.5 Å². The largest absolute Gasteiger partial charge is 0.496 e. The molecule has 0 aliphatic carbocycles. The standard InChI is InChI=1S/C17H17ClN5O4P.H2O/c1-9-6-20-12(10(2)14(9)26-3)8-23-7-11(4-5-27-28(24)25)13-15(18)21-17(19)22-16(13)23;/h6-7,24-25H,8H2,1-3H3,(H2,19,21,22);1H2. The van der Waals surface area contributed by atoms with E-state index in [0.29, 0.717) is 23.1 Å². The van der Waals surface area contributed by atoms with Gasteiger partial charge in [0.05, 0.1) is 30.3 Å². The molecule has 0 unspecified atom stereocenters. The lowest BCUT2D eigenvalue weighted by Crippen LogP contribution is -2.07. The van der Waals surface area contributed by atoms with Gasteiger partial charge in [0.1, 0.15) is 22.7 Å². The number of rotatable bonds is 4. The third kappa shape index (κ3) is 4.67. The van der Waals surface area contributed by atoms with Crippen LogP contribution in [0.25, 0.3) is 11.0 Å². The molecule has 3 aromatic heterocycles. The van der Waals surface area contributed by atoms with E-state index in [1.165, 1.54) is 0 Å². The van der Waals surface area contributed by atoms with Crippen LogP contribution in [0.3, 0.4) is 0 Å². The zero-order valence-corrected chi connectivity index (χ0v) is 17.4. The lowest BCUT2D eigenvalue weighted by molar-refractivity contribution is 0.358. The second-order valence-electron chi connectivity index (χ2n) is 5.86. The van der Waals surface area contributed by atoms with E-state index in [1.807, 2.05) is 13.8 Å². The number of fused-ring (bicyclic) bond motifs is 1. The Labute approximate surface area is 172 Å². The molecule has 0 bridgehead atoms. The number of anilines is 1. The first-order valence-corrected chi connectivity index (χ1v) is 9.53. The molecule has 154 valence electrons. The fourth-order valence-electron chi connectivity index (χ4n) is 2.88. The predicted octanol–water partition coefficient (Wildman–Crippen LogP) is 1.45. The fraction of sp³-hybridized carbons (Fsp3) is 0.235. The average molecular weight is 440 g/mol. The highest BCUT2D eigenvalue weighted by Crippen LogP contribution is 2.30. The van der Waals surface area contributed by atoms with Crippen molar-refractivity contribution in [3.8, 4) is 17.8 Å². The van der Waals surface area contributed by atoms with Gasteiger partial charge in [-0.25, -0.2) is 4.98 Å². The van der Waals surface area contributed by atoms with Crippen molar-refractivity contribution in [3.63, 3.8) is 0 Å². The van der Waals surface area contributed by atoms with Gasteiger partial charge in [-0.2, -0.15) is 4.98 Å². The Morgan fingerprint density at radius 3 is 2.69 bits per heavy atom. The Hall–Kier alpha value is -2.67. The number of nitrogen functional groups attached to an aromatic ring is 1. The van der Waals surface area contributed by atoms with Gasteiger partial charge in [0, 0.05) is 23.5 Å². The molecule has 0 amide bonds. The topological polar surface area (TPSA) is 160 Å². The van der Waals surface area contributed by atoms with E-state index in [1.54, 1.807) is 24.1 Å². The van der Waals surface area contributed by atoms with Gasteiger partial charge in [0.15, 0.2) is 0 Å². The number of methoxy groups -OCH3 is 1. The summed E-state index contributed by atoms with van der Waals surface area (Å²) < 4.78 is 11.8. The Bertz CT molecular complexity index is 1110. The van der Waals surface area contributed by atoms with Crippen LogP contribution in [0.2, 0.25) is 5.15 Å². The summed E-state index contributed by atoms with van der Waals surface area (Å²) in [6, 6.07) is 0. The molecular weight excluding hydrogens is 421 g/mol. The van der Waals surface area contributed by atoms with Crippen molar-refractivity contribution >= 4 is 37.2 Å². The minimum absolute atomic E-state index is 0. The maximum Gasteiger partial charge on any atom is 0.400 e. The molecule has 0 saturated carbocycles. The summed E-state index contributed by atoms with van der Waals surface area (Å²) in [6.45, 7) is 4.21. The number of hydrogen-bond acceptors (Lipinski definition) is 8. The highest BCUT2D eigenvalue weighted by atomic mass is 35.5. The predicted molar refractivity (Wildman–Crippen MR) is 109 cm³/mol. The number of hydrogen-bond donors (Lipinski definition) is 3. The number of aromatic nitrogens is 4. The lowest BCUT2D eigenvalue weighted by Gasteiger charge is -2.13. The van der Waals surface area contributed by atoms with E-state index >= 15 is 0 Å². The van der Waals surface area contributed by atoms with Crippen molar-refractivity contribution in [3.05, 3.63) is 39.9 Å². The van der Waals surface area contributed by atoms with Gasteiger partial charge in [-0.1, -0.05) is 11.6 Å². The molecule has 12 heteroatoms. The molecule has 6 N–H and O–H groups in total. The van der Waals surface area contributed by atoms with E-state index in [-0.39, 0.29) is 16.6 Å². The second kappa shape index (κ2) is 9.22. The molecule has 10 nitrogen and oxygen atoms in total. The summed E-state index contributed by atoms with van der Waals surface area (Å²) >= 11 is 6.24. The first-order chi connectivity index (χ1) is 13.3. The second-order valence-corrected chi connectivity index (χ2v) is 6.91. The SMILES string of the molecule is COc1c(C)cnc(Cn2cc(C#COP(O)O)c3c(Cl)nc(N)nc32)c1C.O. The molecule has 0 fully saturated rings. The van der Waals surface area contributed by atoms with Gasteiger partial charge in [0.25, 0.3) is 0 Å². The summed E-state index contributed by atoms with van der Waals surface area (Å²) in [5, 5.41) is 0.607. The molecule has 0 saturated heterocycles. The highest BCUT2D eigenvalue weighted by Gasteiger charge is 2.17. The van der Waals surface area contributed by atoms with E-state index < -0.39 is 8.60 Å². The molecular formula is C17H19ClN5O5P. The van der Waals surface area contributed by atoms with Crippen molar-refractivity contribution in [2.45, 2.75) is 20.4 Å². The van der Waals surface area contributed by atoms with Crippen LogP contribution in [0.5, 0.6) is 5.75 Å². The number of nitrogens with two attached hydrogens (primary N) is 1. The zero-order valence-electron chi connectivity index (χ0n) is 15.8. The van der Waals surface area contributed by atoms with Crippen LogP contribution in [0.1, 0.15) is 22.4 Å². The maximum atomic E-state index is 8.84. The third-order valence-electron chi connectivity index (χ3n) is 4.07. The van der Waals surface area contributed by atoms with Gasteiger partial charge in [-0.15, -0.1) is 0 Å². The third-order valence-corrected chi connectivity index (χ3v) is 4.60. The van der Waals surface area contributed by atoms with Crippen LogP contribution in [0.4, 0.5) is 5.95 Å². The van der Waals surface area contributed by atoms with Gasteiger partial charge >= 0.3 is 8.60 Å². The van der Waals surface area contributed by atoms with Crippen LogP contribution >= 0.6 is 20.2 Å². The number of ether oxygens (including phenoxy) is 1. The normalized spacial score (nSPS) is 10.4. The van der Waals surface area contributed by atoms with Crippen LogP contribution in [0.15, 0.2) is 12.4 Å². The van der Waals surface area contributed by atoms with Crippen molar-refractivity contribution in [1.82, 2.24) is 19.5 Å². The number of halogens is 1. The molecule has 0 aliphatic rings. The molecule has 0 atom stereocenters. The average Bonchev–Trinajstić information content (AvgIpc) is 2.95. The Balaban J connectivity index is 0.00000300. The van der Waals surface area contributed by atoms with Crippen LogP contribution in [-0.2, 0) is 11.1 Å². The van der Waals surface area contributed by atoms with Crippen molar-refractivity contribution in [2.24, 2.45) is 0 Å². The van der Waals surface area contributed by atoms with Crippen LogP contribution in [-0.4, -0.2) is 41.9 Å². The van der Waals surface area contributed by atoms with E-state index in [9.17, 15) is 0 Å². The first-order valence-electron chi connectivity index (χ1n) is 7.98. The quantitative estimate of drug-likeness (QED) is 0.312. The zero-order chi connectivity index (χ0) is 20.4. The monoisotopic (exact) mass is 439 g/mol. The summed E-state index contributed by atoms with van der Waals surface area (Å²) in [6.07, 6.45) is 5.67. The number of aryl methyl sites for hydroxylation is 1. The highest BCUT2D eigenvalue weighted by molar-refractivity contribution is 7.39. The molecule has 3 rings (SSSR count). The first kappa shape index (κ1) is 22.6. The van der Waals surface area contributed by atoms with E-state index in [2.05, 4.69) is 31.5 Å². The van der Waals surface area contributed by atoms with E-state index in [0.717, 1.165) is 22.6 Å². The minimum Gasteiger partial charge on any atom is -0.496 e. The molecule has 0 radical (unpaired) electrons. The summed E-state index contributed by atoms with van der Waals surface area (Å²) in [5.41, 5.74) is 9.29. The van der Waals surface area contributed by atoms with E-state index in [4.69, 9.17) is 31.9 Å². The van der Waals surface area contributed by atoms with Gasteiger partial charge in [0.2, 0.25) is 5.95 Å². The molecule has 29 heavy (non-hydrogen) atoms. The van der Waals surface area contributed by atoms with Crippen molar-refractivity contribution in [2.75, 3.05) is 12.8 Å². The van der Waals surface area contributed by atoms with Crippen LogP contribution in [0, 0.1) is 25.9 Å². The minimum atomic E-state index is -2.59. The number of nitrogens with zero attached hydrogens (tertiary/aromatic N) is 4. The smallest absolute Gasteiger partial charge is 0.400 e.